The van der Waals surface area contributed by atoms with Crippen LogP contribution in [0.3, 0.4) is 0 Å². The summed E-state index contributed by atoms with van der Waals surface area (Å²) >= 11 is 0. The highest BCUT2D eigenvalue weighted by molar-refractivity contribution is 5.78. The van der Waals surface area contributed by atoms with Crippen LogP contribution < -0.4 is 22.1 Å². The molecule has 0 radical (unpaired) electrons. The fourth-order valence-electron chi connectivity index (χ4n) is 9.95. The number of aliphatic hydroxyl groups is 1. The van der Waals surface area contributed by atoms with Gasteiger partial charge in [0.25, 0.3) is 0 Å². The summed E-state index contributed by atoms with van der Waals surface area (Å²) in [4.78, 5) is 32.9. The second-order valence-corrected chi connectivity index (χ2v) is 18.5. The first-order valence-corrected chi connectivity index (χ1v) is 22.5. The highest BCUT2D eigenvalue weighted by Crippen LogP contribution is 2.66. The number of nitrogens with one attached hydrogen (secondary N) is 2. The van der Waals surface area contributed by atoms with Gasteiger partial charge in [-0.05, 0) is 124 Å². The molecule has 0 aliphatic heterocycles. The fourth-order valence-corrected chi connectivity index (χ4v) is 9.95. The molecule has 0 bridgehead atoms. The minimum Gasteiger partial charge on any atom is -0.394 e. The van der Waals surface area contributed by atoms with Gasteiger partial charge in [0.15, 0.2) is 0 Å². The van der Waals surface area contributed by atoms with Gasteiger partial charge in [0.2, 0.25) is 17.7 Å². The van der Waals surface area contributed by atoms with Crippen molar-refractivity contribution in [2.24, 2.45) is 57.8 Å². The molecule has 8 atom stereocenters. The lowest BCUT2D eigenvalue weighted by atomic mass is 9.47. The van der Waals surface area contributed by atoms with Crippen molar-refractivity contribution in [3.05, 3.63) is 11.6 Å². The van der Waals surface area contributed by atoms with Crippen LogP contribution in [0.4, 0.5) is 0 Å². The highest BCUT2D eigenvalue weighted by Gasteiger charge is 2.58. The van der Waals surface area contributed by atoms with E-state index in [1.54, 1.807) is 5.57 Å². The number of unbranched alkanes of at least 4 members (excludes halogenated alkanes) is 2. The third-order valence-electron chi connectivity index (χ3n) is 13.5. The molecule has 55 heavy (non-hydrogen) atoms. The monoisotopic (exact) mass is 777 g/mol. The van der Waals surface area contributed by atoms with E-state index in [1.165, 1.54) is 64.2 Å². The minimum atomic E-state index is -0.560. The van der Waals surface area contributed by atoms with Crippen molar-refractivity contribution in [3.8, 4) is 0 Å². The van der Waals surface area contributed by atoms with E-state index in [1.807, 2.05) is 27.7 Å². The zero-order valence-electron chi connectivity index (χ0n) is 37.5. The largest absolute Gasteiger partial charge is 0.394 e. The summed E-state index contributed by atoms with van der Waals surface area (Å²) in [6, 6.07) is 0. The average molecular weight is 777 g/mol. The third kappa shape index (κ3) is 16.1. The molecule has 0 aromatic heterocycles. The summed E-state index contributed by atoms with van der Waals surface area (Å²) < 4.78 is 6.14. The number of carbonyl (C=O) groups excluding carboxylic acids is 3. The van der Waals surface area contributed by atoms with Gasteiger partial charge < -0.3 is 31.9 Å². The summed E-state index contributed by atoms with van der Waals surface area (Å²) in [6.07, 6.45) is 22.3. The van der Waals surface area contributed by atoms with E-state index in [9.17, 15) is 19.5 Å². The number of allylic oxidation sites excluding steroid dienone is 1. The molecule has 0 aromatic carbocycles. The number of nitrogens with two attached hydrogens (primary N) is 2. The van der Waals surface area contributed by atoms with Crippen LogP contribution in [0.5, 0.6) is 0 Å². The standard InChI is InChI=1S/C33H57NO3.C9H19NO.C2H6N2O.C2H6/c1-7-31(4,22-35)34-30(36)21-37-26-16-18-33(6)25(20-26)12-14-27-28-15-13-24(11-9-8-10-23(2)3)32(28,5)19-17-29(27)33;1-4-5-6-10-9(11)7-8(2)3;3-1-2(4)5;1-2/h12,23-24,26-29,35H,7-11,13-22H2,1-6H3,(H,34,36);8H,4-7H2,1-3H3,(H,10,11);1,3H2,(H2,4,5);1-2H3/t24-,26?,27-,28?,29?,31?,32?,33-;;;/m0.../s1. The van der Waals surface area contributed by atoms with Gasteiger partial charge in [0.1, 0.15) is 6.61 Å². The second kappa shape index (κ2) is 25.4. The molecule has 4 aliphatic carbocycles. The minimum absolute atomic E-state index is 0.0502. The van der Waals surface area contributed by atoms with Gasteiger partial charge in [0, 0.05) is 13.0 Å². The third-order valence-corrected chi connectivity index (χ3v) is 13.5. The van der Waals surface area contributed by atoms with Crippen molar-refractivity contribution in [2.45, 2.75) is 191 Å². The molecule has 0 aromatic rings. The lowest BCUT2D eigenvalue weighted by Crippen LogP contribution is -2.51. The number of hydrogen-bond acceptors (Lipinski definition) is 6. The molecule has 4 rings (SSSR count). The lowest BCUT2D eigenvalue weighted by Gasteiger charge is -2.58. The Balaban J connectivity index is 0.000000701. The number of ether oxygens (including phenoxy) is 1. The van der Waals surface area contributed by atoms with Gasteiger partial charge in [-0.25, -0.2) is 0 Å². The molecule has 0 saturated heterocycles. The Morgan fingerprint density at radius 3 is 2.20 bits per heavy atom. The van der Waals surface area contributed by atoms with Crippen LogP contribution in [0, 0.1) is 46.3 Å². The van der Waals surface area contributed by atoms with Crippen molar-refractivity contribution < 1.29 is 24.2 Å². The molecule has 0 spiro atoms. The molecule has 0 heterocycles. The molecule has 322 valence electrons. The maximum Gasteiger partial charge on any atom is 0.246 e. The first-order chi connectivity index (χ1) is 26.0. The van der Waals surface area contributed by atoms with Crippen molar-refractivity contribution in [1.29, 1.82) is 0 Å². The first-order valence-electron chi connectivity index (χ1n) is 22.5. The van der Waals surface area contributed by atoms with Gasteiger partial charge in [-0.1, -0.05) is 107 Å². The number of primary amides is 1. The predicted octanol–water partition coefficient (Wildman–Crippen LogP) is 8.85. The van der Waals surface area contributed by atoms with Crippen molar-refractivity contribution >= 4 is 17.7 Å². The molecule has 9 heteroatoms. The Bertz CT molecular complexity index is 1150. The van der Waals surface area contributed by atoms with Gasteiger partial charge >= 0.3 is 0 Å². The molecule has 7 N–H and O–H groups in total. The van der Waals surface area contributed by atoms with Crippen LogP contribution in [0.15, 0.2) is 11.6 Å². The molecule has 3 saturated carbocycles. The number of carbonyl (C=O) groups is 3. The van der Waals surface area contributed by atoms with E-state index in [2.05, 4.69) is 70.9 Å². The molecule has 5 unspecified atom stereocenters. The normalized spacial score (nSPS) is 28.9. The van der Waals surface area contributed by atoms with E-state index in [4.69, 9.17) is 10.5 Å². The van der Waals surface area contributed by atoms with Crippen molar-refractivity contribution in [2.75, 3.05) is 26.3 Å². The quantitative estimate of drug-likeness (QED) is 0.0734. The predicted molar refractivity (Wildman–Crippen MR) is 229 cm³/mol. The van der Waals surface area contributed by atoms with Gasteiger partial charge in [-0.15, -0.1) is 0 Å². The van der Waals surface area contributed by atoms with E-state index in [-0.39, 0.29) is 37.7 Å². The van der Waals surface area contributed by atoms with E-state index in [0.29, 0.717) is 29.6 Å². The van der Waals surface area contributed by atoms with Crippen molar-refractivity contribution in [3.63, 3.8) is 0 Å². The average Bonchev–Trinajstić information content (AvgIpc) is 3.49. The molecular weight excluding hydrogens is 689 g/mol. The van der Waals surface area contributed by atoms with Crippen LogP contribution in [-0.4, -0.2) is 60.8 Å². The molecule has 3 amide bonds. The second-order valence-electron chi connectivity index (χ2n) is 18.5. The highest BCUT2D eigenvalue weighted by atomic mass is 16.5. The van der Waals surface area contributed by atoms with Crippen LogP contribution in [0.2, 0.25) is 0 Å². The van der Waals surface area contributed by atoms with Crippen LogP contribution in [-0.2, 0) is 19.1 Å². The number of hydrogen-bond donors (Lipinski definition) is 5. The van der Waals surface area contributed by atoms with Gasteiger partial charge in [-0.3, -0.25) is 14.4 Å². The molecule has 4 aliphatic rings. The Kier molecular flexibility index (Phi) is 23.6. The number of fused-ring (bicyclic) bond motifs is 5. The molecule has 9 nitrogen and oxygen atoms in total. The Labute approximate surface area is 338 Å². The van der Waals surface area contributed by atoms with Gasteiger partial charge in [0.05, 0.1) is 24.8 Å². The zero-order valence-corrected chi connectivity index (χ0v) is 37.5. The summed E-state index contributed by atoms with van der Waals surface area (Å²) in [6.45, 7) is 24.9. The molecular formula is C46H88N4O5. The Hall–Kier alpha value is -1.97. The van der Waals surface area contributed by atoms with Crippen LogP contribution >= 0.6 is 0 Å². The summed E-state index contributed by atoms with van der Waals surface area (Å²) in [7, 11) is 0. The van der Waals surface area contributed by atoms with Crippen molar-refractivity contribution in [1.82, 2.24) is 10.6 Å². The zero-order chi connectivity index (χ0) is 41.8. The first kappa shape index (κ1) is 51.0. The van der Waals surface area contributed by atoms with E-state index < -0.39 is 11.4 Å². The van der Waals surface area contributed by atoms with Crippen LogP contribution in [0.1, 0.15) is 179 Å². The van der Waals surface area contributed by atoms with E-state index in [0.717, 1.165) is 61.8 Å². The SMILES string of the molecule is CC.CCC(C)(CO)NC(=O)COC1CC[C@@]2(C)C(=CC[C@H]3C4CC[C@H](CCCCC(C)C)C4(C)CCC32)C1.CCCCNC(=O)CC(C)C.NCC(N)=O. The van der Waals surface area contributed by atoms with Gasteiger partial charge in [-0.2, -0.15) is 0 Å². The summed E-state index contributed by atoms with van der Waals surface area (Å²) in [5, 5.41) is 15.4. The lowest BCUT2D eigenvalue weighted by molar-refractivity contribution is -0.131. The Morgan fingerprint density at radius 1 is 0.964 bits per heavy atom. The smallest absolute Gasteiger partial charge is 0.246 e. The maximum atomic E-state index is 12.5. The number of aliphatic hydroxyl groups excluding tert-OH is 1. The number of amides is 3. The summed E-state index contributed by atoms with van der Waals surface area (Å²) in [5.74, 6) is 4.46. The Morgan fingerprint density at radius 2 is 1.64 bits per heavy atom. The molecule has 3 fully saturated rings. The topological polar surface area (TPSA) is 157 Å². The van der Waals surface area contributed by atoms with E-state index >= 15 is 0 Å². The van der Waals surface area contributed by atoms with Crippen LogP contribution in [0.25, 0.3) is 0 Å². The summed E-state index contributed by atoms with van der Waals surface area (Å²) in [5.41, 5.74) is 11.2. The number of rotatable bonds is 17. The fraction of sp³-hybridized carbons (Fsp3) is 0.891. The maximum absolute atomic E-state index is 12.5.